The summed E-state index contributed by atoms with van der Waals surface area (Å²) in [6.07, 6.45) is 17.8. The lowest BCUT2D eigenvalue weighted by Crippen LogP contribution is -2.39. The minimum atomic E-state index is -4.87. The lowest BCUT2D eigenvalue weighted by molar-refractivity contribution is -0.119. The number of halogens is 1. The summed E-state index contributed by atoms with van der Waals surface area (Å²) in [4.78, 5) is 37.8. The second-order valence-corrected chi connectivity index (χ2v) is 15.4. The number of anilines is 1. The Hall–Kier alpha value is -4.86. The number of carboxylic acids is 1. The van der Waals surface area contributed by atoms with E-state index in [0.717, 1.165) is 48.9 Å². The zero-order chi connectivity index (χ0) is 40.5. The Morgan fingerprint density at radius 3 is 2.04 bits per heavy atom. The molecule has 1 unspecified atom stereocenters. The van der Waals surface area contributed by atoms with Crippen LogP contribution in [-0.4, -0.2) is 52.8 Å². The number of hydrogen-bond donors (Lipinski definition) is 4. The number of benzene rings is 3. The summed E-state index contributed by atoms with van der Waals surface area (Å²) in [6.45, 7) is 2.23. The number of aromatic carboxylic acids is 1. The summed E-state index contributed by atoms with van der Waals surface area (Å²) in [7, 11) is -4.87. The SMILES string of the molecule is CCCCCCCCCCCCCCCCCC(=O)NC1=NN(c2ccc(Oc3ccccc3)c(S(=O)(=O)O)c2)C(=O)C1/N=N/c1cc(C(=O)O)c(O)cc1Cl. The van der Waals surface area contributed by atoms with Gasteiger partial charge in [-0.05, 0) is 42.8 Å². The van der Waals surface area contributed by atoms with Gasteiger partial charge in [0.15, 0.2) is 5.84 Å². The average Bonchev–Trinajstić information content (AvgIpc) is 3.46. The van der Waals surface area contributed by atoms with Crippen molar-refractivity contribution in [2.24, 2.45) is 15.3 Å². The number of nitrogens with one attached hydrogen (secondary N) is 1. The topological polar surface area (TPSA) is 208 Å². The first-order valence-corrected chi connectivity index (χ1v) is 20.9. The standard InChI is InChI=1S/C40H50ClN5O9S/c1-2-3-4-5-6-7-8-9-10-11-12-13-14-15-19-22-36(48)42-38-37(44-43-32-26-30(40(50)51)33(47)27-31(32)41)39(49)46(45-38)28-23-24-34(35(25-28)56(52,53)54)55-29-20-17-16-18-21-29/h16-18,20-21,23-27,37,47H,2-15,19,22H2,1H3,(H,50,51)(H,42,45,48)(H,52,53,54)/b44-43+. The fourth-order valence-corrected chi connectivity index (χ4v) is 6.97. The van der Waals surface area contributed by atoms with Gasteiger partial charge < -0.3 is 20.3 Å². The molecular formula is C40H50ClN5O9S. The van der Waals surface area contributed by atoms with Crippen LogP contribution in [-0.2, 0) is 19.7 Å². The average molecular weight is 812 g/mol. The Balaban J connectivity index is 1.41. The summed E-state index contributed by atoms with van der Waals surface area (Å²) in [6, 6.07) is 12.2. The molecule has 0 aliphatic carbocycles. The number of phenols is 1. The van der Waals surface area contributed by atoms with Crippen LogP contribution in [0.4, 0.5) is 11.4 Å². The number of carbonyl (C=O) groups excluding carboxylic acids is 2. The number of hydrogen-bond acceptors (Lipinski definition) is 10. The van der Waals surface area contributed by atoms with E-state index in [-0.39, 0.29) is 34.4 Å². The molecule has 0 aromatic heterocycles. The first kappa shape index (κ1) is 43.9. The van der Waals surface area contributed by atoms with Crippen LogP contribution in [0.2, 0.25) is 5.02 Å². The van der Waals surface area contributed by atoms with Crippen molar-refractivity contribution in [1.82, 2.24) is 5.32 Å². The molecular weight excluding hydrogens is 762 g/mol. The normalized spacial score (nSPS) is 14.3. The molecule has 1 aliphatic rings. The predicted octanol–water partition coefficient (Wildman–Crippen LogP) is 9.97. The van der Waals surface area contributed by atoms with Crippen LogP contribution in [0.15, 0.2) is 80.9 Å². The maximum Gasteiger partial charge on any atom is 0.339 e. The number of aromatic hydroxyl groups is 1. The number of azo groups is 1. The minimum absolute atomic E-state index is 0.106. The zero-order valence-corrected chi connectivity index (χ0v) is 33.1. The summed E-state index contributed by atoms with van der Waals surface area (Å²) in [5, 5.41) is 34.9. The van der Waals surface area contributed by atoms with Gasteiger partial charge in [0.2, 0.25) is 11.9 Å². The van der Waals surface area contributed by atoms with E-state index in [2.05, 4.69) is 27.6 Å². The molecule has 56 heavy (non-hydrogen) atoms. The van der Waals surface area contributed by atoms with Crippen molar-refractivity contribution < 1.29 is 42.3 Å². The maximum absolute atomic E-state index is 13.8. The van der Waals surface area contributed by atoms with Crippen LogP contribution >= 0.6 is 11.6 Å². The van der Waals surface area contributed by atoms with E-state index in [4.69, 9.17) is 16.3 Å². The number of carbonyl (C=O) groups is 3. The third-order valence-corrected chi connectivity index (χ3v) is 10.4. The molecule has 1 heterocycles. The molecule has 4 N–H and O–H groups in total. The van der Waals surface area contributed by atoms with Crippen molar-refractivity contribution in [3.8, 4) is 17.2 Å². The number of para-hydroxylation sites is 1. The highest BCUT2D eigenvalue weighted by Crippen LogP contribution is 2.35. The highest BCUT2D eigenvalue weighted by molar-refractivity contribution is 7.86. The second-order valence-electron chi connectivity index (χ2n) is 13.6. The molecule has 4 rings (SSSR count). The fraction of sp³-hybridized carbons (Fsp3) is 0.450. The molecule has 0 fully saturated rings. The predicted molar refractivity (Wildman–Crippen MR) is 214 cm³/mol. The van der Waals surface area contributed by atoms with Gasteiger partial charge >= 0.3 is 5.97 Å². The van der Waals surface area contributed by atoms with E-state index in [9.17, 15) is 37.6 Å². The molecule has 0 radical (unpaired) electrons. The van der Waals surface area contributed by atoms with E-state index in [1.165, 1.54) is 76.3 Å². The molecule has 1 atom stereocenters. The Morgan fingerprint density at radius 1 is 0.875 bits per heavy atom. The molecule has 0 bridgehead atoms. The summed E-state index contributed by atoms with van der Waals surface area (Å²) < 4.78 is 40.5. The van der Waals surface area contributed by atoms with Gasteiger partial charge in [0.05, 0.1) is 10.7 Å². The van der Waals surface area contributed by atoms with Crippen molar-refractivity contribution in [3.63, 3.8) is 0 Å². The van der Waals surface area contributed by atoms with Crippen LogP contribution in [0.25, 0.3) is 0 Å². The number of nitrogens with zero attached hydrogens (tertiary/aromatic N) is 4. The quantitative estimate of drug-likeness (QED) is 0.0407. The monoisotopic (exact) mass is 811 g/mol. The first-order chi connectivity index (χ1) is 26.9. The first-order valence-electron chi connectivity index (χ1n) is 19.1. The van der Waals surface area contributed by atoms with Gasteiger partial charge in [-0.2, -0.15) is 23.7 Å². The van der Waals surface area contributed by atoms with E-state index in [0.29, 0.717) is 12.2 Å². The highest BCUT2D eigenvalue weighted by atomic mass is 35.5. The number of unbranched alkanes of at least 4 members (excludes halogenated alkanes) is 14. The summed E-state index contributed by atoms with van der Waals surface area (Å²) in [5.74, 6) is -3.51. The smallest absolute Gasteiger partial charge is 0.339 e. The Bertz CT molecular complexity index is 1980. The summed E-state index contributed by atoms with van der Waals surface area (Å²) >= 11 is 6.17. The Morgan fingerprint density at radius 2 is 1.46 bits per heavy atom. The van der Waals surface area contributed by atoms with E-state index in [1.807, 2.05) is 0 Å². The van der Waals surface area contributed by atoms with Crippen molar-refractivity contribution in [2.45, 2.75) is 121 Å². The lowest BCUT2D eigenvalue weighted by atomic mass is 10.0. The van der Waals surface area contributed by atoms with Crippen LogP contribution < -0.4 is 15.1 Å². The second kappa shape index (κ2) is 22.0. The molecule has 302 valence electrons. The number of carboxylic acid groups (broad SMARTS) is 1. The maximum atomic E-state index is 13.8. The third kappa shape index (κ3) is 13.4. The number of ether oxygens (including phenoxy) is 1. The van der Waals surface area contributed by atoms with Gasteiger partial charge in [-0.3, -0.25) is 14.1 Å². The lowest BCUT2D eigenvalue weighted by Gasteiger charge is -2.15. The van der Waals surface area contributed by atoms with E-state index in [1.54, 1.807) is 30.3 Å². The minimum Gasteiger partial charge on any atom is -0.507 e. The van der Waals surface area contributed by atoms with Gasteiger partial charge in [-0.15, -0.1) is 5.10 Å². The van der Waals surface area contributed by atoms with Crippen LogP contribution in [0.5, 0.6) is 17.2 Å². The number of amides is 2. The van der Waals surface area contributed by atoms with E-state index < -0.39 is 50.2 Å². The molecule has 0 saturated heterocycles. The molecule has 1 aliphatic heterocycles. The molecule has 3 aromatic carbocycles. The van der Waals surface area contributed by atoms with Crippen molar-refractivity contribution in [2.75, 3.05) is 5.01 Å². The van der Waals surface area contributed by atoms with E-state index >= 15 is 0 Å². The van der Waals surface area contributed by atoms with Gasteiger partial charge in [0.1, 0.15) is 33.4 Å². The number of hydrazone groups is 1. The van der Waals surface area contributed by atoms with Crippen molar-refractivity contribution in [3.05, 3.63) is 71.2 Å². The molecule has 0 spiro atoms. The third-order valence-electron chi connectivity index (χ3n) is 9.18. The Labute approximate surface area is 332 Å². The van der Waals surface area contributed by atoms with Crippen LogP contribution in [0, 0.1) is 0 Å². The molecule has 14 nitrogen and oxygen atoms in total. The molecule has 0 saturated carbocycles. The molecule has 3 aromatic rings. The highest BCUT2D eigenvalue weighted by Gasteiger charge is 2.39. The van der Waals surface area contributed by atoms with Gasteiger partial charge in [0, 0.05) is 12.5 Å². The molecule has 16 heteroatoms. The number of amidine groups is 1. The fourth-order valence-electron chi connectivity index (χ4n) is 6.14. The van der Waals surface area contributed by atoms with Crippen LogP contribution in [0.1, 0.15) is 120 Å². The van der Waals surface area contributed by atoms with Gasteiger partial charge in [0.25, 0.3) is 16.0 Å². The zero-order valence-electron chi connectivity index (χ0n) is 31.5. The number of rotatable bonds is 23. The van der Waals surface area contributed by atoms with Gasteiger partial charge in [-0.1, -0.05) is 127 Å². The Kier molecular flexibility index (Phi) is 17.3. The summed E-state index contributed by atoms with van der Waals surface area (Å²) in [5.41, 5.74) is -0.803. The van der Waals surface area contributed by atoms with Crippen LogP contribution in [0.3, 0.4) is 0 Å². The molecule has 2 amide bonds. The largest absolute Gasteiger partial charge is 0.507 e. The van der Waals surface area contributed by atoms with Gasteiger partial charge in [-0.25, -0.2) is 4.79 Å². The van der Waals surface area contributed by atoms with Crippen molar-refractivity contribution >= 4 is 56.7 Å². The van der Waals surface area contributed by atoms with Crippen molar-refractivity contribution in [1.29, 1.82) is 0 Å².